The molecule has 2 N–H and O–H groups in total. The van der Waals surface area contributed by atoms with Gasteiger partial charge in [0, 0.05) is 17.8 Å². The molecule has 0 atom stereocenters. The molecule has 0 aliphatic carbocycles. The second kappa shape index (κ2) is 7.14. The van der Waals surface area contributed by atoms with Crippen molar-refractivity contribution in [3.05, 3.63) is 77.0 Å². The minimum atomic E-state index is -0.561. The van der Waals surface area contributed by atoms with Gasteiger partial charge in [0.05, 0.1) is 5.69 Å². The van der Waals surface area contributed by atoms with Crippen LogP contribution in [0.4, 0.5) is 4.39 Å². The van der Waals surface area contributed by atoms with Crippen LogP contribution in [0.25, 0.3) is 11.7 Å². The molecule has 0 spiro atoms. The highest BCUT2D eigenvalue weighted by molar-refractivity contribution is 6.31. The number of pyridine rings is 1. The fourth-order valence-electron chi connectivity index (χ4n) is 2.12. The highest BCUT2D eigenvalue weighted by atomic mass is 35.5. The van der Waals surface area contributed by atoms with Gasteiger partial charge in [-0.05, 0) is 42.5 Å². The van der Waals surface area contributed by atoms with E-state index in [9.17, 15) is 14.0 Å². The van der Waals surface area contributed by atoms with Gasteiger partial charge in [0.1, 0.15) is 11.5 Å². The number of hydrogen-bond acceptors (Lipinski definition) is 3. The van der Waals surface area contributed by atoms with Crippen LogP contribution >= 0.6 is 11.6 Å². The summed E-state index contributed by atoms with van der Waals surface area (Å²) in [7, 11) is 0. The monoisotopic (exact) mass is 358 g/mol. The number of amides is 2. The number of fused-ring (bicyclic) bond motifs is 1. The molecule has 0 aliphatic rings. The Kier molecular flexibility index (Phi) is 4.76. The Labute approximate surface area is 146 Å². The average molecular weight is 359 g/mol. The van der Waals surface area contributed by atoms with Crippen LogP contribution in [0.1, 0.15) is 16.1 Å². The predicted octanol–water partition coefficient (Wildman–Crippen LogP) is 2.60. The van der Waals surface area contributed by atoms with Crippen molar-refractivity contribution in [1.82, 2.24) is 20.2 Å². The van der Waals surface area contributed by atoms with Crippen molar-refractivity contribution in [2.45, 2.75) is 0 Å². The summed E-state index contributed by atoms with van der Waals surface area (Å²) < 4.78 is 14.5. The van der Waals surface area contributed by atoms with Gasteiger partial charge in [-0.1, -0.05) is 17.7 Å². The second-order valence-electron chi connectivity index (χ2n) is 5.00. The van der Waals surface area contributed by atoms with E-state index in [0.29, 0.717) is 11.3 Å². The normalized spacial score (nSPS) is 11.0. The lowest BCUT2D eigenvalue weighted by molar-refractivity contribution is -0.117. The van der Waals surface area contributed by atoms with Crippen molar-refractivity contribution in [3.8, 4) is 0 Å². The first-order valence-corrected chi connectivity index (χ1v) is 7.59. The van der Waals surface area contributed by atoms with E-state index in [2.05, 4.69) is 15.8 Å². The molecular formula is C17H12ClFN4O2. The molecule has 2 heterocycles. The van der Waals surface area contributed by atoms with Crippen LogP contribution in [0.3, 0.4) is 0 Å². The van der Waals surface area contributed by atoms with Gasteiger partial charge in [0.25, 0.3) is 11.8 Å². The number of halogens is 2. The molecule has 1 aromatic carbocycles. The van der Waals surface area contributed by atoms with Gasteiger partial charge in [0.2, 0.25) is 0 Å². The highest BCUT2D eigenvalue weighted by Gasteiger charge is 2.08. The quantitative estimate of drug-likeness (QED) is 0.558. The van der Waals surface area contributed by atoms with E-state index in [4.69, 9.17) is 11.6 Å². The summed E-state index contributed by atoms with van der Waals surface area (Å²) >= 11 is 6.06. The number of nitrogens with zero attached hydrogens (tertiary/aromatic N) is 2. The number of hydrogen-bond donors (Lipinski definition) is 2. The number of carbonyl (C=O) groups is 2. The Morgan fingerprint density at radius 1 is 1.12 bits per heavy atom. The fourth-order valence-corrected chi connectivity index (χ4v) is 2.36. The molecule has 25 heavy (non-hydrogen) atoms. The molecule has 0 fully saturated rings. The maximum Gasteiger partial charge on any atom is 0.269 e. The lowest BCUT2D eigenvalue weighted by Gasteiger charge is -2.05. The van der Waals surface area contributed by atoms with E-state index in [0.717, 1.165) is 12.1 Å². The van der Waals surface area contributed by atoms with Gasteiger partial charge >= 0.3 is 0 Å². The molecule has 0 bridgehead atoms. The molecule has 2 aromatic heterocycles. The number of aromatic nitrogens is 2. The first-order chi connectivity index (χ1) is 12.0. The predicted molar refractivity (Wildman–Crippen MR) is 91.2 cm³/mol. The minimum absolute atomic E-state index is 0.218. The van der Waals surface area contributed by atoms with Crippen molar-refractivity contribution in [1.29, 1.82) is 0 Å². The molecule has 6 nitrogen and oxygen atoms in total. The van der Waals surface area contributed by atoms with Gasteiger partial charge in [-0.25, -0.2) is 9.37 Å². The maximum atomic E-state index is 12.8. The summed E-state index contributed by atoms with van der Waals surface area (Å²) in [6, 6.07) is 10.4. The third-order valence-corrected chi connectivity index (χ3v) is 3.60. The smallest absolute Gasteiger partial charge is 0.269 e. The van der Waals surface area contributed by atoms with Crippen molar-refractivity contribution >= 4 is 35.1 Å². The molecule has 2 amide bonds. The summed E-state index contributed by atoms with van der Waals surface area (Å²) in [6.07, 6.45) is 4.47. The molecule has 3 aromatic rings. The summed E-state index contributed by atoms with van der Waals surface area (Å²) in [5.74, 6) is -1.57. The topological polar surface area (TPSA) is 75.5 Å². The highest BCUT2D eigenvalue weighted by Crippen LogP contribution is 2.18. The van der Waals surface area contributed by atoms with Crippen LogP contribution in [-0.2, 0) is 4.79 Å². The third kappa shape index (κ3) is 3.84. The summed E-state index contributed by atoms with van der Waals surface area (Å²) in [6.45, 7) is 0. The first-order valence-electron chi connectivity index (χ1n) is 7.21. The van der Waals surface area contributed by atoms with Crippen molar-refractivity contribution in [2.24, 2.45) is 0 Å². The van der Waals surface area contributed by atoms with Crippen molar-refractivity contribution in [3.63, 3.8) is 0 Å². The van der Waals surface area contributed by atoms with E-state index in [1.54, 1.807) is 16.7 Å². The Morgan fingerprint density at radius 2 is 1.88 bits per heavy atom. The number of hydrazine groups is 1. The van der Waals surface area contributed by atoms with Gasteiger partial charge in [0.15, 0.2) is 5.15 Å². The number of carbonyl (C=O) groups excluding carboxylic acids is 2. The van der Waals surface area contributed by atoms with E-state index in [1.807, 2.05) is 12.1 Å². The van der Waals surface area contributed by atoms with Crippen molar-refractivity contribution < 1.29 is 14.0 Å². The Morgan fingerprint density at radius 3 is 2.64 bits per heavy atom. The van der Waals surface area contributed by atoms with E-state index in [1.165, 1.54) is 24.3 Å². The van der Waals surface area contributed by atoms with Crippen LogP contribution in [0.5, 0.6) is 0 Å². The van der Waals surface area contributed by atoms with Gasteiger partial charge in [-0.3, -0.25) is 24.8 Å². The lowest BCUT2D eigenvalue weighted by Crippen LogP contribution is -2.40. The number of imidazole rings is 1. The minimum Gasteiger partial charge on any atom is -0.299 e. The Balaban J connectivity index is 1.64. The largest absolute Gasteiger partial charge is 0.299 e. The summed E-state index contributed by atoms with van der Waals surface area (Å²) in [5, 5.41) is 0.255. The SMILES string of the molecule is O=C(/C=C/c1c(Cl)nc2ccccn12)NNC(=O)c1ccc(F)cc1. The molecule has 0 saturated heterocycles. The molecule has 0 radical (unpaired) electrons. The molecule has 8 heteroatoms. The van der Waals surface area contributed by atoms with E-state index < -0.39 is 17.6 Å². The number of nitrogens with one attached hydrogen (secondary N) is 2. The lowest BCUT2D eigenvalue weighted by atomic mass is 10.2. The summed E-state index contributed by atoms with van der Waals surface area (Å²) in [4.78, 5) is 27.8. The van der Waals surface area contributed by atoms with E-state index in [-0.39, 0.29) is 10.7 Å². The molecule has 0 aliphatic heterocycles. The molecular weight excluding hydrogens is 347 g/mol. The van der Waals surface area contributed by atoms with Gasteiger partial charge in [-0.2, -0.15) is 0 Å². The second-order valence-corrected chi connectivity index (χ2v) is 5.36. The maximum absolute atomic E-state index is 12.8. The van der Waals surface area contributed by atoms with Gasteiger partial charge in [-0.15, -0.1) is 0 Å². The van der Waals surface area contributed by atoms with Crippen LogP contribution < -0.4 is 10.9 Å². The van der Waals surface area contributed by atoms with Crippen LogP contribution in [0, 0.1) is 5.82 Å². The van der Waals surface area contributed by atoms with E-state index >= 15 is 0 Å². The molecule has 3 rings (SSSR count). The summed E-state index contributed by atoms with van der Waals surface area (Å²) in [5.41, 5.74) is 5.87. The number of benzene rings is 1. The zero-order valence-electron chi connectivity index (χ0n) is 12.7. The molecule has 0 saturated carbocycles. The fraction of sp³-hybridized carbons (Fsp3) is 0. The Bertz CT molecular complexity index is 966. The van der Waals surface area contributed by atoms with Crippen molar-refractivity contribution in [2.75, 3.05) is 0 Å². The van der Waals surface area contributed by atoms with Crippen LogP contribution in [-0.4, -0.2) is 21.2 Å². The number of rotatable bonds is 3. The standard InChI is InChI=1S/C17H12ClFN4O2/c18-16-13(23-10-2-1-3-14(23)20-16)8-9-15(24)21-22-17(25)11-4-6-12(19)7-5-11/h1-10H,(H,21,24)(H,22,25)/b9-8+. The zero-order valence-corrected chi connectivity index (χ0v) is 13.5. The molecule has 0 unspecified atom stereocenters. The average Bonchev–Trinajstić information content (AvgIpc) is 2.93. The first kappa shape index (κ1) is 16.7. The molecule has 126 valence electrons. The van der Waals surface area contributed by atoms with Crippen LogP contribution in [0.15, 0.2) is 54.7 Å². The zero-order chi connectivity index (χ0) is 17.8. The van der Waals surface area contributed by atoms with Gasteiger partial charge < -0.3 is 0 Å². The van der Waals surface area contributed by atoms with Crippen LogP contribution in [0.2, 0.25) is 5.15 Å². The Hall–Kier alpha value is -3.19. The third-order valence-electron chi connectivity index (χ3n) is 3.32.